The Kier molecular flexibility index (Phi) is 2.94. The van der Waals surface area contributed by atoms with Crippen LogP contribution in [0.5, 0.6) is 5.75 Å². The lowest BCUT2D eigenvalue weighted by molar-refractivity contribution is 0.338. The molecule has 1 aromatic carbocycles. The average Bonchev–Trinajstić information content (AvgIpc) is 2.62. The van der Waals surface area contributed by atoms with Crippen molar-refractivity contribution in [3.05, 3.63) is 29.3 Å². The minimum Gasteiger partial charge on any atom is -0.493 e. The highest BCUT2D eigenvalue weighted by molar-refractivity contribution is 5.47. The molecule has 2 heteroatoms. The first kappa shape index (κ1) is 11.5. The van der Waals surface area contributed by atoms with Crippen molar-refractivity contribution < 1.29 is 4.74 Å². The molecule has 2 rings (SSSR count). The molecule has 0 radical (unpaired) electrons. The maximum Gasteiger partial charge on any atom is 0.126 e. The largest absolute Gasteiger partial charge is 0.493 e. The van der Waals surface area contributed by atoms with Crippen molar-refractivity contribution in [1.29, 1.82) is 0 Å². The molecule has 1 unspecified atom stereocenters. The number of benzene rings is 1. The SMILES string of the molecule is CC(N)CC(C)(C)c1cccc2c1OCC2. The summed E-state index contributed by atoms with van der Waals surface area (Å²) in [5.41, 5.74) is 8.66. The van der Waals surface area contributed by atoms with Crippen molar-refractivity contribution in [1.82, 2.24) is 0 Å². The molecule has 1 aromatic rings. The molecule has 2 N–H and O–H groups in total. The van der Waals surface area contributed by atoms with Crippen LogP contribution in [0, 0.1) is 0 Å². The Hall–Kier alpha value is -1.02. The van der Waals surface area contributed by atoms with Crippen molar-refractivity contribution in [3.8, 4) is 5.75 Å². The van der Waals surface area contributed by atoms with Gasteiger partial charge in [-0.05, 0) is 24.3 Å². The zero-order valence-electron chi connectivity index (χ0n) is 10.4. The maximum absolute atomic E-state index is 5.92. The second-order valence-electron chi connectivity index (χ2n) is 5.46. The number of nitrogens with two attached hydrogens (primary N) is 1. The zero-order valence-corrected chi connectivity index (χ0v) is 10.4. The van der Waals surface area contributed by atoms with Crippen molar-refractivity contribution in [2.75, 3.05) is 6.61 Å². The second-order valence-corrected chi connectivity index (χ2v) is 5.46. The van der Waals surface area contributed by atoms with Gasteiger partial charge in [0, 0.05) is 18.0 Å². The molecule has 0 amide bonds. The number of rotatable bonds is 3. The van der Waals surface area contributed by atoms with E-state index in [2.05, 4.69) is 39.0 Å². The van der Waals surface area contributed by atoms with Gasteiger partial charge in [-0.3, -0.25) is 0 Å². The summed E-state index contributed by atoms with van der Waals surface area (Å²) in [7, 11) is 0. The van der Waals surface area contributed by atoms with Crippen molar-refractivity contribution in [2.45, 2.75) is 45.1 Å². The monoisotopic (exact) mass is 219 g/mol. The van der Waals surface area contributed by atoms with E-state index < -0.39 is 0 Å². The number of hydrogen-bond donors (Lipinski definition) is 1. The third kappa shape index (κ3) is 2.07. The van der Waals surface area contributed by atoms with Crippen molar-refractivity contribution in [2.24, 2.45) is 5.73 Å². The van der Waals surface area contributed by atoms with E-state index in [0.717, 1.165) is 25.2 Å². The standard InChI is InChI=1S/C14H21NO/c1-10(15)9-14(2,3)12-6-4-5-11-7-8-16-13(11)12/h4-6,10H,7-9,15H2,1-3H3. The topological polar surface area (TPSA) is 35.2 Å². The molecular weight excluding hydrogens is 198 g/mol. The molecule has 1 aliphatic heterocycles. The molecule has 0 aliphatic carbocycles. The molecule has 1 atom stereocenters. The molecule has 0 bridgehead atoms. The third-order valence-electron chi connectivity index (χ3n) is 3.28. The van der Waals surface area contributed by atoms with Gasteiger partial charge in [0.1, 0.15) is 5.75 Å². The molecule has 0 spiro atoms. The number of fused-ring (bicyclic) bond motifs is 1. The summed E-state index contributed by atoms with van der Waals surface area (Å²) in [6.07, 6.45) is 2.02. The molecular formula is C14H21NO. The zero-order chi connectivity index (χ0) is 11.8. The Morgan fingerprint density at radius 1 is 1.44 bits per heavy atom. The second kappa shape index (κ2) is 4.10. The molecule has 88 valence electrons. The maximum atomic E-state index is 5.92. The first-order chi connectivity index (χ1) is 7.50. The Bertz CT molecular complexity index is 382. The van der Waals surface area contributed by atoms with Crippen LogP contribution in [0.1, 0.15) is 38.3 Å². The molecule has 0 saturated heterocycles. The molecule has 1 heterocycles. The summed E-state index contributed by atoms with van der Waals surface area (Å²) < 4.78 is 5.76. The lowest BCUT2D eigenvalue weighted by Crippen LogP contribution is -2.28. The minimum absolute atomic E-state index is 0.0872. The van der Waals surface area contributed by atoms with E-state index >= 15 is 0 Å². The van der Waals surface area contributed by atoms with Crippen LogP contribution in [0.25, 0.3) is 0 Å². The molecule has 0 fully saturated rings. The summed E-state index contributed by atoms with van der Waals surface area (Å²) in [5, 5.41) is 0. The van der Waals surface area contributed by atoms with Crippen LogP contribution in [-0.4, -0.2) is 12.6 Å². The predicted molar refractivity (Wildman–Crippen MR) is 66.9 cm³/mol. The molecule has 0 aromatic heterocycles. The summed E-state index contributed by atoms with van der Waals surface area (Å²) in [6, 6.07) is 6.68. The normalized spacial score (nSPS) is 16.8. The fraction of sp³-hybridized carbons (Fsp3) is 0.571. The first-order valence-electron chi connectivity index (χ1n) is 6.01. The first-order valence-corrected chi connectivity index (χ1v) is 6.01. The summed E-state index contributed by atoms with van der Waals surface area (Å²) >= 11 is 0. The lowest BCUT2D eigenvalue weighted by Gasteiger charge is -2.28. The van der Waals surface area contributed by atoms with Crippen LogP contribution < -0.4 is 10.5 Å². The van der Waals surface area contributed by atoms with Crippen LogP contribution >= 0.6 is 0 Å². The lowest BCUT2D eigenvalue weighted by atomic mass is 9.78. The summed E-state index contributed by atoms with van der Waals surface area (Å²) in [6.45, 7) is 7.37. The van der Waals surface area contributed by atoms with Gasteiger partial charge in [-0.1, -0.05) is 32.0 Å². The molecule has 1 aliphatic rings. The van der Waals surface area contributed by atoms with Gasteiger partial charge < -0.3 is 10.5 Å². The van der Waals surface area contributed by atoms with Crippen LogP contribution in [0.2, 0.25) is 0 Å². The van der Waals surface area contributed by atoms with Crippen LogP contribution in [0.4, 0.5) is 0 Å². The van der Waals surface area contributed by atoms with E-state index in [1.54, 1.807) is 0 Å². The van der Waals surface area contributed by atoms with Gasteiger partial charge in [0.25, 0.3) is 0 Å². The Balaban J connectivity index is 2.36. The van der Waals surface area contributed by atoms with Gasteiger partial charge in [0.05, 0.1) is 6.61 Å². The highest BCUT2D eigenvalue weighted by atomic mass is 16.5. The molecule has 2 nitrogen and oxygen atoms in total. The third-order valence-corrected chi connectivity index (χ3v) is 3.28. The summed E-state index contributed by atoms with van der Waals surface area (Å²) in [5.74, 6) is 1.10. The minimum atomic E-state index is 0.0872. The van der Waals surface area contributed by atoms with Gasteiger partial charge in [-0.25, -0.2) is 0 Å². The average molecular weight is 219 g/mol. The van der Waals surface area contributed by atoms with Crippen molar-refractivity contribution >= 4 is 0 Å². The van der Waals surface area contributed by atoms with E-state index in [-0.39, 0.29) is 11.5 Å². The van der Waals surface area contributed by atoms with Gasteiger partial charge in [-0.2, -0.15) is 0 Å². The van der Waals surface area contributed by atoms with E-state index in [9.17, 15) is 0 Å². The van der Waals surface area contributed by atoms with Crippen molar-refractivity contribution in [3.63, 3.8) is 0 Å². The van der Waals surface area contributed by atoms with Gasteiger partial charge in [0.15, 0.2) is 0 Å². The number of ether oxygens (including phenoxy) is 1. The van der Waals surface area contributed by atoms with E-state index in [1.165, 1.54) is 11.1 Å². The Morgan fingerprint density at radius 3 is 2.88 bits per heavy atom. The molecule has 0 saturated carbocycles. The number of hydrogen-bond acceptors (Lipinski definition) is 2. The fourth-order valence-corrected chi connectivity index (χ4v) is 2.66. The molecule has 16 heavy (non-hydrogen) atoms. The van der Waals surface area contributed by atoms with Crippen LogP contribution in [-0.2, 0) is 11.8 Å². The summed E-state index contributed by atoms with van der Waals surface area (Å²) in [4.78, 5) is 0. The highest BCUT2D eigenvalue weighted by Crippen LogP contribution is 2.39. The highest BCUT2D eigenvalue weighted by Gasteiger charge is 2.28. The Labute approximate surface area is 97.8 Å². The predicted octanol–water partition coefficient (Wildman–Crippen LogP) is 2.64. The van der Waals surface area contributed by atoms with E-state index in [1.807, 2.05) is 0 Å². The van der Waals surface area contributed by atoms with Gasteiger partial charge in [-0.15, -0.1) is 0 Å². The number of para-hydroxylation sites is 1. The van der Waals surface area contributed by atoms with Crippen LogP contribution in [0.3, 0.4) is 0 Å². The van der Waals surface area contributed by atoms with Crippen LogP contribution in [0.15, 0.2) is 18.2 Å². The van der Waals surface area contributed by atoms with E-state index in [4.69, 9.17) is 10.5 Å². The van der Waals surface area contributed by atoms with E-state index in [0.29, 0.717) is 0 Å². The smallest absolute Gasteiger partial charge is 0.126 e. The Morgan fingerprint density at radius 2 is 2.19 bits per heavy atom. The fourth-order valence-electron chi connectivity index (χ4n) is 2.66. The van der Waals surface area contributed by atoms with Gasteiger partial charge in [0.2, 0.25) is 0 Å². The van der Waals surface area contributed by atoms with Gasteiger partial charge >= 0.3 is 0 Å². The quantitative estimate of drug-likeness (QED) is 0.848.